The average molecular weight is 300 g/mol. The Morgan fingerprint density at radius 1 is 1.14 bits per heavy atom. The van der Waals surface area contributed by atoms with E-state index in [2.05, 4.69) is 79.5 Å². The van der Waals surface area contributed by atoms with E-state index in [1.54, 1.807) is 0 Å². The molecule has 1 heterocycles. The molecule has 1 aromatic carbocycles. The van der Waals surface area contributed by atoms with Gasteiger partial charge < -0.3 is 10.2 Å². The van der Waals surface area contributed by atoms with Crippen LogP contribution in [-0.4, -0.2) is 29.2 Å². The Kier molecular flexibility index (Phi) is 5.37. The number of aromatic nitrogens is 2. The van der Waals surface area contributed by atoms with Gasteiger partial charge in [-0.25, -0.2) is 0 Å². The molecule has 2 rings (SSSR count). The molecule has 0 saturated heterocycles. The second kappa shape index (κ2) is 7.07. The topological polar surface area (TPSA) is 44.0 Å². The van der Waals surface area contributed by atoms with Crippen LogP contribution in [0.25, 0.3) is 0 Å². The van der Waals surface area contributed by atoms with Gasteiger partial charge in [0.1, 0.15) is 0 Å². The van der Waals surface area contributed by atoms with E-state index in [0.717, 1.165) is 19.6 Å². The number of hydrogen-bond donors (Lipinski definition) is 2. The van der Waals surface area contributed by atoms with Gasteiger partial charge in [-0.05, 0) is 25.2 Å². The van der Waals surface area contributed by atoms with Crippen LogP contribution < -0.4 is 5.32 Å². The molecule has 0 aliphatic carbocycles. The van der Waals surface area contributed by atoms with Crippen LogP contribution in [0.5, 0.6) is 0 Å². The smallest absolute Gasteiger partial charge is 0.0535 e. The first kappa shape index (κ1) is 16.7. The lowest BCUT2D eigenvalue weighted by molar-refractivity contribution is 0.402. The van der Waals surface area contributed by atoms with Crippen molar-refractivity contribution in [2.75, 3.05) is 14.1 Å². The molecule has 0 radical (unpaired) electrons. The Bertz CT molecular complexity index is 593. The fourth-order valence-electron chi connectivity index (χ4n) is 2.64. The predicted molar refractivity (Wildman–Crippen MR) is 91.7 cm³/mol. The SMILES string of the molecule is CN(C)Cc1cccc(CNCc2cn[nH]c2C(C)(C)C)c1. The normalized spacial score (nSPS) is 12.1. The molecule has 0 unspecified atom stereocenters. The van der Waals surface area contributed by atoms with Gasteiger partial charge in [-0.15, -0.1) is 0 Å². The third-order valence-corrected chi connectivity index (χ3v) is 3.60. The van der Waals surface area contributed by atoms with Gasteiger partial charge in [0, 0.05) is 36.3 Å². The second-order valence-corrected chi connectivity index (χ2v) is 7.18. The molecule has 0 fully saturated rings. The van der Waals surface area contributed by atoms with Crippen molar-refractivity contribution in [2.24, 2.45) is 0 Å². The molecule has 0 saturated carbocycles. The Morgan fingerprint density at radius 2 is 1.86 bits per heavy atom. The molecule has 2 aromatic rings. The lowest BCUT2D eigenvalue weighted by Crippen LogP contribution is -2.19. The summed E-state index contributed by atoms with van der Waals surface area (Å²) in [5.74, 6) is 0. The van der Waals surface area contributed by atoms with E-state index < -0.39 is 0 Å². The Morgan fingerprint density at radius 3 is 2.55 bits per heavy atom. The van der Waals surface area contributed by atoms with Crippen molar-refractivity contribution in [3.63, 3.8) is 0 Å². The minimum absolute atomic E-state index is 0.0964. The molecule has 1 aromatic heterocycles. The first-order valence-electron chi connectivity index (χ1n) is 7.82. The van der Waals surface area contributed by atoms with Crippen molar-refractivity contribution in [3.8, 4) is 0 Å². The zero-order valence-corrected chi connectivity index (χ0v) is 14.4. The molecule has 0 amide bonds. The summed E-state index contributed by atoms with van der Waals surface area (Å²) in [4.78, 5) is 2.19. The number of hydrogen-bond acceptors (Lipinski definition) is 3. The van der Waals surface area contributed by atoms with Crippen LogP contribution in [0, 0.1) is 0 Å². The van der Waals surface area contributed by atoms with Gasteiger partial charge in [0.2, 0.25) is 0 Å². The van der Waals surface area contributed by atoms with Crippen LogP contribution in [0.1, 0.15) is 43.2 Å². The summed E-state index contributed by atoms with van der Waals surface area (Å²) in [6.45, 7) is 9.29. The van der Waals surface area contributed by atoms with Gasteiger partial charge >= 0.3 is 0 Å². The molecule has 0 aliphatic rings. The van der Waals surface area contributed by atoms with Crippen molar-refractivity contribution in [1.82, 2.24) is 20.4 Å². The second-order valence-electron chi connectivity index (χ2n) is 7.18. The van der Waals surface area contributed by atoms with Crippen LogP contribution >= 0.6 is 0 Å². The van der Waals surface area contributed by atoms with Crippen LogP contribution in [0.2, 0.25) is 0 Å². The zero-order chi connectivity index (χ0) is 16.2. The third-order valence-electron chi connectivity index (χ3n) is 3.60. The van der Waals surface area contributed by atoms with Crippen molar-refractivity contribution < 1.29 is 0 Å². The molecule has 4 heteroatoms. The molecule has 22 heavy (non-hydrogen) atoms. The number of benzene rings is 1. The van der Waals surface area contributed by atoms with E-state index >= 15 is 0 Å². The van der Waals surface area contributed by atoms with Crippen LogP contribution in [0.3, 0.4) is 0 Å². The summed E-state index contributed by atoms with van der Waals surface area (Å²) < 4.78 is 0. The molecular weight excluding hydrogens is 272 g/mol. The number of rotatable bonds is 6. The van der Waals surface area contributed by atoms with Crippen molar-refractivity contribution >= 4 is 0 Å². The summed E-state index contributed by atoms with van der Waals surface area (Å²) in [5, 5.41) is 10.8. The lowest BCUT2D eigenvalue weighted by Gasteiger charge is -2.18. The van der Waals surface area contributed by atoms with Gasteiger partial charge in [-0.3, -0.25) is 5.10 Å². The van der Waals surface area contributed by atoms with E-state index in [1.165, 1.54) is 22.4 Å². The van der Waals surface area contributed by atoms with Gasteiger partial charge in [-0.2, -0.15) is 5.10 Å². The Labute approximate surface area is 133 Å². The molecule has 0 aliphatic heterocycles. The van der Waals surface area contributed by atoms with E-state index in [-0.39, 0.29) is 5.41 Å². The summed E-state index contributed by atoms with van der Waals surface area (Å²) >= 11 is 0. The molecule has 0 bridgehead atoms. The van der Waals surface area contributed by atoms with Gasteiger partial charge in [0.05, 0.1) is 6.20 Å². The lowest BCUT2D eigenvalue weighted by atomic mass is 9.89. The first-order valence-corrected chi connectivity index (χ1v) is 7.82. The van der Waals surface area contributed by atoms with E-state index in [4.69, 9.17) is 0 Å². The molecule has 120 valence electrons. The first-order chi connectivity index (χ1) is 10.4. The van der Waals surface area contributed by atoms with Crippen LogP contribution in [0.15, 0.2) is 30.5 Å². The maximum absolute atomic E-state index is 4.19. The van der Waals surface area contributed by atoms with E-state index in [1.807, 2.05) is 6.20 Å². The number of aromatic amines is 1. The number of nitrogens with one attached hydrogen (secondary N) is 2. The van der Waals surface area contributed by atoms with Crippen LogP contribution in [-0.2, 0) is 25.0 Å². The standard InChI is InChI=1S/C18H28N4/c1-18(2,3)17-16(12-20-21-17)11-19-10-14-7-6-8-15(9-14)13-22(4)5/h6-9,12,19H,10-11,13H2,1-5H3,(H,20,21). The van der Waals surface area contributed by atoms with Crippen molar-refractivity contribution in [3.05, 3.63) is 52.8 Å². The van der Waals surface area contributed by atoms with E-state index in [0.29, 0.717) is 0 Å². The molecule has 0 atom stereocenters. The maximum Gasteiger partial charge on any atom is 0.0535 e. The average Bonchev–Trinajstić information content (AvgIpc) is 2.87. The summed E-state index contributed by atoms with van der Waals surface area (Å²) in [6, 6.07) is 8.75. The van der Waals surface area contributed by atoms with Gasteiger partial charge in [0.25, 0.3) is 0 Å². The minimum atomic E-state index is 0.0964. The van der Waals surface area contributed by atoms with Crippen LogP contribution in [0.4, 0.5) is 0 Å². The summed E-state index contributed by atoms with van der Waals surface area (Å²) in [6.07, 6.45) is 1.93. The summed E-state index contributed by atoms with van der Waals surface area (Å²) in [5.41, 5.74) is 5.22. The summed E-state index contributed by atoms with van der Waals surface area (Å²) in [7, 11) is 4.19. The van der Waals surface area contributed by atoms with Crippen molar-refractivity contribution in [2.45, 2.75) is 45.8 Å². The largest absolute Gasteiger partial charge is 0.308 e. The quantitative estimate of drug-likeness (QED) is 0.862. The molecular formula is C18H28N4. The predicted octanol–water partition coefficient (Wildman–Crippen LogP) is 3.06. The molecule has 2 N–H and O–H groups in total. The molecule has 0 spiro atoms. The highest BCUT2D eigenvalue weighted by Crippen LogP contribution is 2.23. The van der Waals surface area contributed by atoms with Crippen molar-refractivity contribution in [1.29, 1.82) is 0 Å². The Balaban J connectivity index is 1.93. The van der Waals surface area contributed by atoms with Gasteiger partial charge in [-0.1, -0.05) is 45.0 Å². The highest BCUT2D eigenvalue weighted by Gasteiger charge is 2.19. The third kappa shape index (κ3) is 4.68. The fourth-order valence-corrected chi connectivity index (χ4v) is 2.64. The highest BCUT2D eigenvalue weighted by atomic mass is 15.1. The molecule has 4 nitrogen and oxygen atoms in total. The minimum Gasteiger partial charge on any atom is -0.308 e. The van der Waals surface area contributed by atoms with E-state index in [9.17, 15) is 0 Å². The van der Waals surface area contributed by atoms with Gasteiger partial charge in [0.15, 0.2) is 0 Å². The number of H-pyrrole nitrogens is 1. The maximum atomic E-state index is 4.19. The zero-order valence-electron chi connectivity index (χ0n) is 14.4. The number of nitrogens with zero attached hydrogens (tertiary/aromatic N) is 2. The monoisotopic (exact) mass is 300 g/mol. The fraction of sp³-hybridized carbons (Fsp3) is 0.500. The highest BCUT2D eigenvalue weighted by molar-refractivity contribution is 5.25. The Hall–Kier alpha value is -1.65.